The van der Waals surface area contributed by atoms with E-state index in [2.05, 4.69) is 9.97 Å². The topological polar surface area (TPSA) is 170 Å². The van der Waals surface area contributed by atoms with Gasteiger partial charge in [0.15, 0.2) is 5.69 Å². The zero-order chi connectivity index (χ0) is 33.8. The van der Waals surface area contributed by atoms with Gasteiger partial charge in [-0.05, 0) is 48.6 Å². The van der Waals surface area contributed by atoms with Crippen LogP contribution in [0.2, 0.25) is 5.02 Å². The van der Waals surface area contributed by atoms with Crippen molar-refractivity contribution in [3.8, 4) is 11.6 Å². The van der Waals surface area contributed by atoms with Gasteiger partial charge in [0.05, 0.1) is 22.7 Å². The van der Waals surface area contributed by atoms with Crippen LogP contribution in [0.25, 0.3) is 0 Å². The Bertz CT molecular complexity index is 1830. The third-order valence-electron chi connectivity index (χ3n) is 9.28. The molecule has 2 saturated heterocycles. The fourth-order valence-corrected chi connectivity index (χ4v) is 6.70. The van der Waals surface area contributed by atoms with Crippen molar-refractivity contribution < 1.29 is 19.4 Å². The highest BCUT2D eigenvalue weighted by Gasteiger charge is 2.41. The van der Waals surface area contributed by atoms with Crippen LogP contribution in [0, 0.1) is 5.92 Å². The maximum Gasteiger partial charge on any atom is 0.280 e. The summed E-state index contributed by atoms with van der Waals surface area (Å²) in [6.07, 6.45) is 5.33. The second-order valence-corrected chi connectivity index (χ2v) is 12.9. The molecular weight excluding hydrogens is 634 g/mol. The van der Waals surface area contributed by atoms with Crippen LogP contribution in [0.15, 0.2) is 84.2 Å². The number of carbonyl (C=O) groups excluding carboxylic acids is 2. The van der Waals surface area contributed by atoms with Gasteiger partial charge in [0, 0.05) is 57.0 Å². The Kier molecular flexibility index (Phi) is 9.76. The first-order valence-electron chi connectivity index (χ1n) is 15.9. The molecule has 48 heavy (non-hydrogen) atoms. The Hall–Kier alpha value is -4.78. The van der Waals surface area contributed by atoms with Crippen LogP contribution >= 0.6 is 11.6 Å². The third kappa shape index (κ3) is 7.20. The number of rotatable bonds is 8. The zero-order valence-corrected chi connectivity index (χ0v) is 27.1. The Morgan fingerprint density at radius 2 is 1.75 bits per heavy atom. The van der Waals surface area contributed by atoms with Crippen molar-refractivity contribution in [2.24, 2.45) is 11.7 Å². The van der Waals surface area contributed by atoms with Gasteiger partial charge in [-0.2, -0.15) is 0 Å². The molecule has 2 atom stereocenters. The third-order valence-corrected chi connectivity index (χ3v) is 9.48. The number of carbonyl (C=O) groups is 2. The van der Waals surface area contributed by atoms with Crippen molar-refractivity contribution in [3.63, 3.8) is 0 Å². The van der Waals surface area contributed by atoms with Crippen molar-refractivity contribution in [2.45, 2.75) is 43.9 Å². The molecule has 2 aliphatic heterocycles. The Morgan fingerprint density at radius 1 is 1.02 bits per heavy atom. The quantitative estimate of drug-likeness (QED) is 0.254. The van der Waals surface area contributed by atoms with Crippen LogP contribution in [0.5, 0.6) is 11.6 Å². The molecule has 0 bridgehead atoms. The van der Waals surface area contributed by atoms with Crippen LogP contribution in [-0.4, -0.2) is 73.0 Å². The number of aliphatic hydroxyl groups is 1. The van der Waals surface area contributed by atoms with Gasteiger partial charge in [0.25, 0.3) is 11.5 Å². The van der Waals surface area contributed by atoms with Crippen LogP contribution in [0.1, 0.15) is 46.7 Å². The Balaban J connectivity index is 1.11. The molecular formula is C35H38ClN7O5. The summed E-state index contributed by atoms with van der Waals surface area (Å²) in [6.45, 7) is 1.80. The molecule has 5 N–H and O–H groups in total. The first-order valence-corrected chi connectivity index (χ1v) is 16.3. The maximum absolute atomic E-state index is 14.0. The molecule has 4 aromatic rings. The number of halogens is 1. The number of pyridine rings is 1. The predicted molar refractivity (Wildman–Crippen MR) is 181 cm³/mol. The summed E-state index contributed by atoms with van der Waals surface area (Å²) in [6, 6.07) is 18.4. The zero-order valence-electron chi connectivity index (χ0n) is 26.4. The first-order chi connectivity index (χ1) is 23.1. The molecule has 2 amide bonds. The van der Waals surface area contributed by atoms with Crippen molar-refractivity contribution >= 4 is 29.1 Å². The number of hydrogen-bond donors (Lipinski definition) is 3. The lowest BCUT2D eigenvalue weighted by atomic mass is 9.79. The van der Waals surface area contributed by atoms with Gasteiger partial charge in [-0.25, -0.2) is 4.98 Å². The monoisotopic (exact) mass is 671 g/mol. The number of nitrogens with two attached hydrogens (primary N) is 2. The van der Waals surface area contributed by atoms with Gasteiger partial charge in [-0.15, -0.1) is 0 Å². The molecule has 4 heterocycles. The minimum absolute atomic E-state index is 0.00787. The fourth-order valence-electron chi connectivity index (χ4n) is 6.52. The van der Waals surface area contributed by atoms with Gasteiger partial charge in [-0.3, -0.25) is 23.9 Å². The number of amides is 2. The Labute approximate surface area is 282 Å². The molecule has 13 heteroatoms. The van der Waals surface area contributed by atoms with E-state index in [1.165, 1.54) is 23.3 Å². The average Bonchev–Trinajstić information content (AvgIpc) is 3.11. The number of piperidine rings is 2. The summed E-state index contributed by atoms with van der Waals surface area (Å²) in [4.78, 5) is 52.3. The molecule has 2 aliphatic rings. The summed E-state index contributed by atoms with van der Waals surface area (Å²) in [5.74, 6) is -0.293. The van der Waals surface area contributed by atoms with E-state index < -0.39 is 11.2 Å². The largest absolute Gasteiger partial charge is 0.437 e. The minimum atomic E-state index is -1.24. The van der Waals surface area contributed by atoms with E-state index in [1.54, 1.807) is 28.0 Å². The lowest BCUT2D eigenvalue weighted by Gasteiger charge is -2.43. The van der Waals surface area contributed by atoms with E-state index in [1.807, 2.05) is 42.5 Å². The minimum Gasteiger partial charge on any atom is -0.437 e. The van der Waals surface area contributed by atoms with E-state index in [4.69, 9.17) is 27.8 Å². The van der Waals surface area contributed by atoms with E-state index in [0.717, 1.165) is 11.1 Å². The van der Waals surface area contributed by atoms with Crippen molar-refractivity contribution in [1.82, 2.24) is 24.3 Å². The number of likely N-dealkylation sites (tertiary alicyclic amines) is 2. The molecule has 2 aromatic heterocycles. The lowest BCUT2D eigenvalue weighted by molar-refractivity contribution is -0.142. The molecule has 2 fully saturated rings. The fraction of sp³-hybridized carbons (Fsp3) is 0.343. The van der Waals surface area contributed by atoms with Crippen molar-refractivity contribution in [3.05, 3.63) is 111 Å². The highest BCUT2D eigenvalue weighted by Crippen LogP contribution is 2.36. The number of anilines is 1. The highest BCUT2D eigenvalue weighted by atomic mass is 35.5. The molecule has 6 rings (SSSR count). The van der Waals surface area contributed by atoms with Crippen molar-refractivity contribution in [2.75, 3.05) is 31.9 Å². The second kappa shape index (κ2) is 14.1. The number of aromatic nitrogens is 3. The summed E-state index contributed by atoms with van der Waals surface area (Å²) >= 11 is 6.09. The lowest BCUT2D eigenvalue weighted by Crippen LogP contribution is -2.53. The molecule has 2 aromatic carbocycles. The SMILES string of the molecule is NCc1ccc(Oc2ncn(CC3(O)CCN(C(=O)[C@@H]4CCN(C(=O)c5cncc(Cl)c5)C[C@H]4c4ccccc4)CC3)c(=O)c2N)cc1. The normalized spacial score (nSPS) is 19.1. The van der Waals surface area contributed by atoms with E-state index in [0.29, 0.717) is 55.5 Å². The smallest absolute Gasteiger partial charge is 0.280 e. The number of ether oxygens (including phenoxy) is 1. The van der Waals surface area contributed by atoms with E-state index in [-0.39, 0.29) is 54.6 Å². The molecule has 0 unspecified atom stereocenters. The average molecular weight is 672 g/mol. The van der Waals surface area contributed by atoms with Gasteiger partial charge in [0.1, 0.15) is 12.1 Å². The summed E-state index contributed by atoms with van der Waals surface area (Å²) in [5, 5.41) is 11.9. The number of hydrogen-bond acceptors (Lipinski definition) is 9. The molecule has 0 radical (unpaired) electrons. The summed E-state index contributed by atoms with van der Waals surface area (Å²) in [7, 11) is 0. The highest BCUT2D eigenvalue weighted by molar-refractivity contribution is 6.30. The summed E-state index contributed by atoms with van der Waals surface area (Å²) in [5.41, 5.74) is 12.1. The standard InChI is InChI=1S/C35H38ClN7O5/c36-26-16-25(18-39-19-26)32(44)42-13-10-28(29(20-42)24-4-2-1-3-5-24)33(45)41-14-11-35(47,12-15-41)21-43-22-40-31(30(38)34(43)46)48-27-8-6-23(17-37)7-9-27/h1-9,16,18-19,22,28-29,47H,10-15,17,20-21,37-38H2/t28-,29+/m1/s1. The van der Waals surface area contributed by atoms with Crippen LogP contribution in [0.3, 0.4) is 0 Å². The number of nitrogens with zero attached hydrogens (tertiary/aromatic N) is 5. The predicted octanol–water partition coefficient (Wildman–Crippen LogP) is 3.42. The number of benzene rings is 2. The molecule has 12 nitrogen and oxygen atoms in total. The second-order valence-electron chi connectivity index (χ2n) is 12.5. The van der Waals surface area contributed by atoms with Gasteiger partial charge in [-0.1, -0.05) is 54.1 Å². The number of nitrogen functional groups attached to an aromatic ring is 1. The van der Waals surface area contributed by atoms with Gasteiger partial charge >= 0.3 is 0 Å². The Morgan fingerprint density at radius 3 is 2.44 bits per heavy atom. The molecule has 250 valence electrons. The molecule has 0 spiro atoms. The van der Waals surface area contributed by atoms with Crippen LogP contribution in [-0.2, 0) is 17.9 Å². The van der Waals surface area contributed by atoms with E-state index in [9.17, 15) is 19.5 Å². The van der Waals surface area contributed by atoms with Gasteiger partial charge in [0.2, 0.25) is 11.8 Å². The van der Waals surface area contributed by atoms with Crippen LogP contribution < -0.4 is 21.8 Å². The van der Waals surface area contributed by atoms with Crippen molar-refractivity contribution in [1.29, 1.82) is 0 Å². The molecule has 0 saturated carbocycles. The van der Waals surface area contributed by atoms with E-state index >= 15 is 0 Å². The summed E-state index contributed by atoms with van der Waals surface area (Å²) < 4.78 is 7.00. The first kappa shape index (κ1) is 33.1. The maximum atomic E-state index is 14.0. The van der Waals surface area contributed by atoms with Crippen LogP contribution in [0.4, 0.5) is 5.69 Å². The van der Waals surface area contributed by atoms with Gasteiger partial charge < -0.3 is 31.1 Å². The molecule has 0 aliphatic carbocycles.